The highest BCUT2D eigenvalue weighted by Gasteiger charge is 2.33. The second-order valence-corrected chi connectivity index (χ2v) is 5.02. The predicted molar refractivity (Wildman–Crippen MR) is 71.8 cm³/mol. The molecular weight excluding hydrogens is 285 g/mol. The molecule has 3 N–H and O–H groups in total. The number of carbonyl (C=O) groups is 1. The lowest BCUT2D eigenvalue weighted by molar-refractivity contribution is -0.137. The molecule has 1 aromatic rings. The van der Waals surface area contributed by atoms with Gasteiger partial charge in [0, 0.05) is 18.3 Å². The molecule has 7 heteroatoms. The highest BCUT2D eigenvalue weighted by Crippen LogP contribution is 2.31. The Bertz CT molecular complexity index is 525. The standard InChI is InChI=1S/C14H17F3N2O2/c1-2-21-10-6-9(7-10)19-13(20)11-5-8(14(15,16)17)3-4-12(11)18/h3-5,9-10H,2,6-7,18H2,1H3,(H,19,20). The van der Waals surface area contributed by atoms with Gasteiger partial charge in [0.2, 0.25) is 0 Å². The SMILES string of the molecule is CCOC1CC(NC(=O)c2cc(C(F)(F)F)ccc2N)C1. The molecule has 1 fully saturated rings. The quantitative estimate of drug-likeness (QED) is 0.840. The monoisotopic (exact) mass is 302 g/mol. The van der Waals surface area contributed by atoms with Crippen LogP contribution >= 0.6 is 0 Å². The smallest absolute Gasteiger partial charge is 0.398 e. The number of benzene rings is 1. The summed E-state index contributed by atoms with van der Waals surface area (Å²) in [5.41, 5.74) is 4.58. The number of nitrogens with one attached hydrogen (secondary N) is 1. The molecule has 0 heterocycles. The summed E-state index contributed by atoms with van der Waals surface area (Å²) in [5, 5.41) is 2.67. The van der Waals surface area contributed by atoms with E-state index in [2.05, 4.69) is 5.32 Å². The maximum absolute atomic E-state index is 12.6. The Kier molecular flexibility index (Phi) is 4.41. The maximum Gasteiger partial charge on any atom is 0.416 e. The van der Waals surface area contributed by atoms with Gasteiger partial charge >= 0.3 is 6.18 Å². The van der Waals surface area contributed by atoms with Crippen molar-refractivity contribution < 1.29 is 22.7 Å². The molecule has 2 rings (SSSR count). The zero-order valence-corrected chi connectivity index (χ0v) is 11.5. The van der Waals surface area contributed by atoms with Gasteiger partial charge in [0.15, 0.2) is 0 Å². The molecule has 0 bridgehead atoms. The molecule has 0 atom stereocenters. The van der Waals surface area contributed by atoms with Gasteiger partial charge in [0.1, 0.15) is 0 Å². The number of hydrogen-bond acceptors (Lipinski definition) is 3. The van der Waals surface area contributed by atoms with Gasteiger partial charge in [-0.3, -0.25) is 4.79 Å². The van der Waals surface area contributed by atoms with Gasteiger partial charge in [-0.05, 0) is 38.0 Å². The molecule has 116 valence electrons. The number of halogens is 3. The fourth-order valence-electron chi connectivity index (χ4n) is 2.25. The van der Waals surface area contributed by atoms with E-state index in [9.17, 15) is 18.0 Å². The number of ether oxygens (including phenoxy) is 1. The van der Waals surface area contributed by atoms with Crippen LogP contribution in [0, 0.1) is 0 Å². The molecule has 1 aromatic carbocycles. The average Bonchev–Trinajstić information content (AvgIpc) is 2.35. The van der Waals surface area contributed by atoms with Crippen LogP contribution in [0.2, 0.25) is 0 Å². The van der Waals surface area contributed by atoms with E-state index in [0.717, 1.165) is 18.2 Å². The Hall–Kier alpha value is -1.76. The second-order valence-electron chi connectivity index (χ2n) is 5.02. The van der Waals surface area contributed by atoms with Crippen molar-refractivity contribution >= 4 is 11.6 Å². The number of alkyl halides is 3. The third-order valence-electron chi connectivity index (χ3n) is 3.46. The minimum atomic E-state index is -4.50. The summed E-state index contributed by atoms with van der Waals surface area (Å²) >= 11 is 0. The fraction of sp³-hybridized carbons (Fsp3) is 0.500. The van der Waals surface area contributed by atoms with Crippen LogP contribution in [0.1, 0.15) is 35.7 Å². The second kappa shape index (κ2) is 5.93. The molecule has 1 aliphatic carbocycles. The van der Waals surface area contributed by atoms with Gasteiger partial charge in [0.25, 0.3) is 5.91 Å². The third-order valence-corrected chi connectivity index (χ3v) is 3.46. The minimum absolute atomic E-state index is 0.0289. The lowest BCUT2D eigenvalue weighted by atomic mass is 9.89. The Morgan fingerprint density at radius 2 is 2.10 bits per heavy atom. The van der Waals surface area contributed by atoms with Crippen molar-refractivity contribution in [1.82, 2.24) is 5.32 Å². The minimum Gasteiger partial charge on any atom is -0.398 e. The molecule has 21 heavy (non-hydrogen) atoms. The van der Waals surface area contributed by atoms with E-state index in [-0.39, 0.29) is 23.4 Å². The van der Waals surface area contributed by atoms with Crippen molar-refractivity contribution in [2.24, 2.45) is 0 Å². The topological polar surface area (TPSA) is 64.3 Å². The first-order chi connectivity index (χ1) is 9.81. The van der Waals surface area contributed by atoms with Crippen molar-refractivity contribution in [1.29, 1.82) is 0 Å². The summed E-state index contributed by atoms with van der Waals surface area (Å²) < 4.78 is 43.3. The van der Waals surface area contributed by atoms with Crippen molar-refractivity contribution in [2.75, 3.05) is 12.3 Å². The number of rotatable bonds is 4. The van der Waals surface area contributed by atoms with Gasteiger partial charge in [0.05, 0.1) is 17.2 Å². The molecule has 0 saturated heterocycles. The Morgan fingerprint density at radius 1 is 1.43 bits per heavy atom. The molecule has 4 nitrogen and oxygen atoms in total. The third kappa shape index (κ3) is 3.66. The van der Waals surface area contributed by atoms with Crippen LogP contribution in [0.25, 0.3) is 0 Å². The first kappa shape index (κ1) is 15.6. The van der Waals surface area contributed by atoms with Crippen molar-refractivity contribution in [3.05, 3.63) is 29.3 Å². The Labute approximate surface area is 120 Å². The molecule has 1 aliphatic rings. The van der Waals surface area contributed by atoms with E-state index in [0.29, 0.717) is 19.4 Å². The van der Waals surface area contributed by atoms with E-state index in [1.807, 2.05) is 6.92 Å². The summed E-state index contributed by atoms with van der Waals surface area (Å²) in [6.45, 7) is 2.49. The van der Waals surface area contributed by atoms with Gasteiger partial charge < -0.3 is 15.8 Å². The zero-order chi connectivity index (χ0) is 15.6. The summed E-state index contributed by atoms with van der Waals surface area (Å²) in [6.07, 6.45) is -3.06. The molecule has 1 amide bonds. The lowest BCUT2D eigenvalue weighted by Gasteiger charge is -2.35. The normalized spacial score (nSPS) is 21.7. The molecule has 0 spiro atoms. The largest absolute Gasteiger partial charge is 0.416 e. The number of carbonyl (C=O) groups excluding carboxylic acids is 1. The van der Waals surface area contributed by atoms with E-state index < -0.39 is 17.6 Å². The van der Waals surface area contributed by atoms with Crippen LogP contribution < -0.4 is 11.1 Å². The Morgan fingerprint density at radius 3 is 2.67 bits per heavy atom. The molecule has 0 radical (unpaired) electrons. The van der Waals surface area contributed by atoms with Gasteiger partial charge in [-0.15, -0.1) is 0 Å². The molecular formula is C14H17F3N2O2. The Balaban J connectivity index is 2.03. The van der Waals surface area contributed by atoms with Crippen molar-refractivity contribution in [3.63, 3.8) is 0 Å². The average molecular weight is 302 g/mol. The summed E-state index contributed by atoms with van der Waals surface area (Å²) in [5.74, 6) is -0.585. The van der Waals surface area contributed by atoms with Gasteiger partial charge in [-0.25, -0.2) is 0 Å². The number of amides is 1. The van der Waals surface area contributed by atoms with Crippen LogP contribution in [0.15, 0.2) is 18.2 Å². The molecule has 0 aromatic heterocycles. The summed E-state index contributed by atoms with van der Waals surface area (Å²) in [4.78, 5) is 12.0. The van der Waals surface area contributed by atoms with Crippen LogP contribution in [-0.2, 0) is 10.9 Å². The highest BCUT2D eigenvalue weighted by atomic mass is 19.4. The molecule has 1 saturated carbocycles. The van der Waals surface area contributed by atoms with E-state index in [1.54, 1.807) is 0 Å². The number of nitrogen functional groups attached to an aromatic ring is 1. The zero-order valence-electron chi connectivity index (χ0n) is 11.5. The van der Waals surface area contributed by atoms with Gasteiger partial charge in [-0.2, -0.15) is 13.2 Å². The predicted octanol–water partition coefficient (Wildman–Crippen LogP) is 2.58. The van der Waals surface area contributed by atoms with Crippen molar-refractivity contribution in [2.45, 2.75) is 38.1 Å². The van der Waals surface area contributed by atoms with Crippen LogP contribution in [-0.4, -0.2) is 24.7 Å². The maximum atomic E-state index is 12.6. The van der Waals surface area contributed by atoms with Gasteiger partial charge in [-0.1, -0.05) is 0 Å². The van der Waals surface area contributed by atoms with E-state index in [1.165, 1.54) is 0 Å². The fourth-order valence-corrected chi connectivity index (χ4v) is 2.25. The van der Waals surface area contributed by atoms with E-state index >= 15 is 0 Å². The molecule has 0 aliphatic heterocycles. The highest BCUT2D eigenvalue weighted by molar-refractivity contribution is 5.99. The first-order valence-corrected chi connectivity index (χ1v) is 6.70. The number of anilines is 1. The lowest BCUT2D eigenvalue weighted by Crippen LogP contribution is -2.48. The number of hydrogen-bond donors (Lipinski definition) is 2. The first-order valence-electron chi connectivity index (χ1n) is 6.70. The summed E-state index contributed by atoms with van der Waals surface area (Å²) in [6, 6.07) is 2.66. The van der Waals surface area contributed by atoms with Crippen LogP contribution in [0.3, 0.4) is 0 Å². The van der Waals surface area contributed by atoms with Crippen LogP contribution in [0.4, 0.5) is 18.9 Å². The molecule has 0 unspecified atom stereocenters. The van der Waals surface area contributed by atoms with E-state index in [4.69, 9.17) is 10.5 Å². The summed E-state index contributed by atoms with van der Waals surface area (Å²) in [7, 11) is 0. The van der Waals surface area contributed by atoms with Crippen LogP contribution in [0.5, 0.6) is 0 Å². The number of nitrogens with two attached hydrogens (primary N) is 1. The van der Waals surface area contributed by atoms with Crippen molar-refractivity contribution in [3.8, 4) is 0 Å².